The molecule has 0 spiro atoms. The first-order valence-corrected chi connectivity index (χ1v) is 11.0. The molecule has 3 aromatic carbocycles. The largest absolute Gasteiger partial charge is 0.484 e. The van der Waals surface area contributed by atoms with E-state index in [-0.39, 0.29) is 12.0 Å². The number of nitrogens with zero attached hydrogens (tertiary/aromatic N) is 2. The molecule has 0 fully saturated rings. The molecule has 3 nitrogen and oxygen atoms in total. The second-order valence-corrected chi connectivity index (χ2v) is 8.40. The van der Waals surface area contributed by atoms with Crippen LogP contribution >= 0.6 is 0 Å². The summed E-state index contributed by atoms with van der Waals surface area (Å²) >= 11 is 0. The van der Waals surface area contributed by atoms with E-state index in [0.717, 1.165) is 22.4 Å². The van der Waals surface area contributed by atoms with E-state index in [1.54, 1.807) is 0 Å². The minimum Gasteiger partial charge on any atom is -0.484 e. The van der Waals surface area contributed by atoms with E-state index in [0.29, 0.717) is 0 Å². The zero-order valence-electron chi connectivity index (χ0n) is 17.3. The van der Waals surface area contributed by atoms with E-state index in [1.165, 1.54) is 27.5 Å². The summed E-state index contributed by atoms with van der Waals surface area (Å²) in [5.41, 5.74) is 6.95. The van der Waals surface area contributed by atoms with Gasteiger partial charge in [-0.15, -0.1) is 0 Å². The topological polar surface area (TPSA) is 27.1 Å². The third-order valence-electron chi connectivity index (χ3n) is 6.62. The van der Waals surface area contributed by atoms with Crippen LogP contribution in [0.2, 0.25) is 0 Å². The Labute approximate surface area is 185 Å². The van der Waals surface area contributed by atoms with E-state index >= 15 is 0 Å². The predicted molar refractivity (Wildman–Crippen MR) is 130 cm³/mol. The number of para-hydroxylation sites is 2. The van der Waals surface area contributed by atoms with Crippen molar-refractivity contribution in [3.8, 4) is 16.9 Å². The fourth-order valence-electron chi connectivity index (χ4n) is 5.17. The Hall–Kier alpha value is -4.11. The summed E-state index contributed by atoms with van der Waals surface area (Å²) in [6, 6.07) is 27.6. The van der Waals surface area contributed by atoms with Crippen molar-refractivity contribution in [2.45, 2.75) is 12.0 Å². The highest BCUT2D eigenvalue weighted by molar-refractivity contribution is 6.10. The van der Waals surface area contributed by atoms with Gasteiger partial charge in [-0.3, -0.25) is 4.98 Å². The van der Waals surface area contributed by atoms with E-state index in [1.807, 2.05) is 18.5 Å². The van der Waals surface area contributed by atoms with Crippen LogP contribution in [0.1, 0.15) is 11.5 Å². The summed E-state index contributed by atoms with van der Waals surface area (Å²) < 4.78 is 8.82. The molecule has 3 heteroatoms. The molecular formula is C29H20N2O. The van der Waals surface area contributed by atoms with Crippen LogP contribution in [-0.4, -0.2) is 15.7 Å². The molecule has 5 aromatic rings. The smallest absolute Gasteiger partial charge is 0.135 e. The lowest BCUT2D eigenvalue weighted by atomic mass is 9.90. The van der Waals surface area contributed by atoms with Gasteiger partial charge < -0.3 is 9.30 Å². The molecule has 3 heterocycles. The number of allylic oxidation sites excluding steroid dienone is 2. The zero-order valence-corrected chi connectivity index (χ0v) is 17.3. The third-order valence-corrected chi connectivity index (χ3v) is 6.62. The molecule has 2 atom stereocenters. The van der Waals surface area contributed by atoms with Crippen molar-refractivity contribution in [3.05, 3.63) is 115 Å². The lowest BCUT2D eigenvalue weighted by Gasteiger charge is -2.20. The fraction of sp³-hybridized carbons (Fsp3) is 0.0690. The summed E-state index contributed by atoms with van der Waals surface area (Å²) in [7, 11) is 0. The Morgan fingerprint density at radius 3 is 2.19 bits per heavy atom. The fourth-order valence-corrected chi connectivity index (χ4v) is 5.17. The van der Waals surface area contributed by atoms with Crippen LogP contribution in [0.5, 0.6) is 5.75 Å². The molecular weight excluding hydrogens is 392 g/mol. The summed E-state index contributed by atoms with van der Waals surface area (Å²) in [4.78, 5) is 4.57. The van der Waals surface area contributed by atoms with Gasteiger partial charge in [0.1, 0.15) is 11.9 Å². The molecule has 0 saturated carbocycles. The summed E-state index contributed by atoms with van der Waals surface area (Å²) in [5, 5.41) is 2.55. The van der Waals surface area contributed by atoms with Crippen molar-refractivity contribution < 1.29 is 4.74 Å². The number of ether oxygens (including phenoxy) is 1. The van der Waals surface area contributed by atoms with Crippen LogP contribution in [0.3, 0.4) is 0 Å². The van der Waals surface area contributed by atoms with Crippen LogP contribution in [0.4, 0.5) is 0 Å². The number of fused-ring (bicyclic) bond motifs is 6. The normalized spacial score (nSPS) is 18.9. The Morgan fingerprint density at radius 1 is 0.750 bits per heavy atom. The van der Waals surface area contributed by atoms with Crippen molar-refractivity contribution in [2.75, 3.05) is 0 Å². The molecule has 0 radical (unpaired) electrons. The first-order chi connectivity index (χ1) is 15.9. The Balaban J connectivity index is 1.41. The Kier molecular flexibility index (Phi) is 3.67. The minimum atomic E-state index is -0.00602. The molecule has 1 aliphatic heterocycles. The first kappa shape index (κ1) is 17.6. The average molecular weight is 412 g/mol. The Morgan fingerprint density at radius 2 is 1.44 bits per heavy atom. The molecule has 0 amide bonds. The second kappa shape index (κ2) is 6.69. The van der Waals surface area contributed by atoms with E-state index < -0.39 is 0 Å². The van der Waals surface area contributed by atoms with Crippen molar-refractivity contribution in [1.29, 1.82) is 0 Å². The molecule has 2 unspecified atom stereocenters. The molecule has 7 rings (SSSR count). The van der Waals surface area contributed by atoms with E-state index in [4.69, 9.17) is 4.74 Å². The maximum absolute atomic E-state index is 6.46. The van der Waals surface area contributed by atoms with Crippen LogP contribution in [-0.2, 0) is 0 Å². The van der Waals surface area contributed by atoms with Gasteiger partial charge in [-0.25, -0.2) is 0 Å². The van der Waals surface area contributed by atoms with Crippen molar-refractivity contribution in [2.24, 2.45) is 0 Å². The van der Waals surface area contributed by atoms with Crippen LogP contribution in [0.15, 0.2) is 109 Å². The number of rotatable bonds is 2. The molecule has 0 N–H and O–H groups in total. The average Bonchev–Trinajstić information content (AvgIpc) is 3.40. The van der Waals surface area contributed by atoms with Crippen LogP contribution < -0.4 is 4.74 Å². The van der Waals surface area contributed by atoms with Crippen molar-refractivity contribution in [1.82, 2.24) is 9.55 Å². The maximum atomic E-state index is 6.46. The Bertz CT molecular complexity index is 1510. The highest BCUT2D eigenvalue weighted by Crippen LogP contribution is 2.47. The van der Waals surface area contributed by atoms with Gasteiger partial charge in [0.25, 0.3) is 0 Å². The molecule has 32 heavy (non-hydrogen) atoms. The van der Waals surface area contributed by atoms with Gasteiger partial charge in [0.2, 0.25) is 0 Å². The van der Waals surface area contributed by atoms with Gasteiger partial charge in [-0.1, -0.05) is 66.7 Å². The van der Waals surface area contributed by atoms with Gasteiger partial charge in [0.15, 0.2) is 0 Å². The number of aromatic nitrogens is 2. The summed E-state index contributed by atoms with van der Waals surface area (Å²) in [6.45, 7) is 0. The van der Waals surface area contributed by atoms with Crippen molar-refractivity contribution in [3.63, 3.8) is 0 Å². The highest BCUT2D eigenvalue weighted by Gasteiger charge is 2.36. The van der Waals surface area contributed by atoms with Gasteiger partial charge in [-0.2, -0.15) is 0 Å². The van der Waals surface area contributed by atoms with Gasteiger partial charge in [0.05, 0.1) is 17.0 Å². The molecule has 1 aliphatic carbocycles. The first-order valence-electron chi connectivity index (χ1n) is 11.0. The molecule has 0 bridgehead atoms. The zero-order chi connectivity index (χ0) is 21.1. The van der Waals surface area contributed by atoms with Gasteiger partial charge >= 0.3 is 0 Å². The van der Waals surface area contributed by atoms with Crippen LogP contribution in [0.25, 0.3) is 38.6 Å². The van der Waals surface area contributed by atoms with Crippen LogP contribution in [0, 0.1) is 0 Å². The minimum absolute atomic E-state index is 0.00602. The van der Waals surface area contributed by atoms with E-state index in [9.17, 15) is 0 Å². The number of hydrogen-bond donors (Lipinski definition) is 0. The lowest BCUT2D eigenvalue weighted by molar-refractivity contribution is 0.270. The number of benzene rings is 3. The number of hydrogen-bond acceptors (Lipinski definition) is 2. The maximum Gasteiger partial charge on any atom is 0.135 e. The van der Waals surface area contributed by atoms with Crippen molar-refractivity contribution >= 4 is 27.5 Å². The second-order valence-electron chi connectivity index (χ2n) is 8.40. The third kappa shape index (κ3) is 2.45. The molecule has 2 aromatic heterocycles. The monoisotopic (exact) mass is 412 g/mol. The quantitative estimate of drug-likeness (QED) is 0.318. The lowest BCUT2D eigenvalue weighted by Crippen LogP contribution is -2.18. The summed E-state index contributed by atoms with van der Waals surface area (Å²) in [6.07, 6.45) is 10.6. The van der Waals surface area contributed by atoms with Gasteiger partial charge in [-0.05, 0) is 35.9 Å². The molecule has 152 valence electrons. The number of pyridine rings is 1. The summed E-state index contributed by atoms with van der Waals surface area (Å²) in [5.74, 6) is 1.09. The van der Waals surface area contributed by atoms with E-state index in [2.05, 4.69) is 101 Å². The predicted octanol–water partition coefficient (Wildman–Crippen LogP) is 6.81. The van der Waals surface area contributed by atoms with Gasteiger partial charge in [0, 0.05) is 40.0 Å². The standard InChI is InChI=1S/C29H20N2O/c1-2-8-19(9-3-1)24-17-30-18-25-23-16-20(14-15-28(23)32-29(24)25)31-26-12-6-4-10-21(26)22-11-5-7-13-27(22)31/h1-18,23,28H. The molecule has 0 saturated heterocycles. The molecule has 2 aliphatic rings. The highest BCUT2D eigenvalue weighted by atomic mass is 16.5. The SMILES string of the molecule is C1=CC2Oc3c(-c4ccccc4)cncc3C2C=C1n1c2ccccc2c2ccccc21.